The van der Waals surface area contributed by atoms with Gasteiger partial charge in [0.2, 0.25) is 6.41 Å². The SMILES string of the molecule is CCN(C=O)C(O)[C@H]1OC(O)[C@H](O)[C@@H]1O.Clc1ncnc2nc[nH]c12. The number of fused-ring (bicyclic) bond motifs is 1. The minimum atomic E-state index is -1.55. The molecule has 5 N–H and O–H groups in total. The summed E-state index contributed by atoms with van der Waals surface area (Å²) in [5, 5.41) is 37.6. The van der Waals surface area contributed by atoms with Gasteiger partial charge < -0.3 is 35.0 Å². The van der Waals surface area contributed by atoms with Gasteiger partial charge in [-0.1, -0.05) is 11.6 Å². The number of hydrogen-bond donors (Lipinski definition) is 5. The Morgan fingerprint density at radius 1 is 1.36 bits per heavy atom. The third-order valence-corrected chi connectivity index (χ3v) is 3.87. The summed E-state index contributed by atoms with van der Waals surface area (Å²) in [6, 6.07) is 0. The Morgan fingerprint density at radius 3 is 2.60 bits per heavy atom. The molecule has 1 amide bonds. The lowest BCUT2D eigenvalue weighted by Gasteiger charge is -2.28. The molecule has 1 saturated heterocycles. The third kappa shape index (κ3) is 4.21. The van der Waals surface area contributed by atoms with Crippen molar-refractivity contribution in [2.24, 2.45) is 0 Å². The van der Waals surface area contributed by atoms with Gasteiger partial charge in [-0.3, -0.25) is 4.79 Å². The van der Waals surface area contributed by atoms with E-state index in [1.165, 1.54) is 12.7 Å². The number of H-pyrrole nitrogens is 1. The molecular weight excluding hydrogens is 358 g/mol. The lowest BCUT2D eigenvalue weighted by molar-refractivity contribution is -0.174. The van der Waals surface area contributed by atoms with Gasteiger partial charge in [-0.05, 0) is 6.92 Å². The number of likely N-dealkylation sites (N-methyl/N-ethyl adjacent to an activating group) is 1. The van der Waals surface area contributed by atoms with Crippen LogP contribution in [0.5, 0.6) is 0 Å². The van der Waals surface area contributed by atoms with Crippen LogP contribution in [0.25, 0.3) is 11.2 Å². The van der Waals surface area contributed by atoms with Crippen molar-refractivity contribution in [3.05, 3.63) is 17.8 Å². The van der Waals surface area contributed by atoms with E-state index in [4.69, 9.17) is 26.6 Å². The van der Waals surface area contributed by atoms with E-state index in [9.17, 15) is 15.0 Å². The number of hydrogen-bond acceptors (Lipinski definition) is 9. The van der Waals surface area contributed by atoms with Crippen LogP contribution in [0.2, 0.25) is 5.15 Å². The number of amides is 1. The predicted molar refractivity (Wildman–Crippen MR) is 84.0 cm³/mol. The van der Waals surface area contributed by atoms with Crippen LogP contribution in [0.3, 0.4) is 0 Å². The lowest BCUT2D eigenvalue weighted by atomic mass is 10.1. The molecule has 0 radical (unpaired) electrons. The zero-order chi connectivity index (χ0) is 18.6. The number of aromatic amines is 1. The van der Waals surface area contributed by atoms with E-state index in [0.29, 0.717) is 22.7 Å². The lowest BCUT2D eigenvalue weighted by Crippen LogP contribution is -2.48. The van der Waals surface area contributed by atoms with Crippen LogP contribution in [-0.4, -0.2) is 89.0 Å². The van der Waals surface area contributed by atoms with Crippen LogP contribution in [0, 0.1) is 0 Å². The molecule has 1 aliphatic heterocycles. The van der Waals surface area contributed by atoms with Gasteiger partial charge >= 0.3 is 0 Å². The maximum atomic E-state index is 10.5. The van der Waals surface area contributed by atoms with Gasteiger partial charge in [0.25, 0.3) is 0 Å². The second-order valence-electron chi connectivity index (χ2n) is 5.09. The summed E-state index contributed by atoms with van der Waals surface area (Å²) in [6.45, 7) is 1.86. The van der Waals surface area contributed by atoms with Crippen LogP contribution in [0.1, 0.15) is 6.92 Å². The molecule has 11 nitrogen and oxygen atoms in total. The van der Waals surface area contributed by atoms with Gasteiger partial charge in [-0.25, -0.2) is 15.0 Å². The first-order valence-electron chi connectivity index (χ1n) is 7.29. The average molecular weight is 376 g/mol. The molecular formula is C13H18ClN5O6. The maximum Gasteiger partial charge on any atom is 0.211 e. The summed E-state index contributed by atoms with van der Waals surface area (Å²) in [5.74, 6) is 0. The molecule has 3 heterocycles. The van der Waals surface area contributed by atoms with Crippen molar-refractivity contribution in [3.8, 4) is 0 Å². The summed E-state index contributed by atoms with van der Waals surface area (Å²) >= 11 is 5.68. The molecule has 25 heavy (non-hydrogen) atoms. The molecule has 2 aromatic rings. The van der Waals surface area contributed by atoms with Gasteiger partial charge in [-0.15, -0.1) is 0 Å². The third-order valence-electron chi connectivity index (χ3n) is 3.59. The van der Waals surface area contributed by atoms with E-state index >= 15 is 0 Å². The van der Waals surface area contributed by atoms with Crippen molar-refractivity contribution in [2.45, 2.75) is 37.8 Å². The number of aromatic nitrogens is 4. The molecule has 0 aliphatic carbocycles. The van der Waals surface area contributed by atoms with E-state index in [1.54, 1.807) is 6.92 Å². The van der Waals surface area contributed by atoms with Crippen molar-refractivity contribution < 1.29 is 30.0 Å². The van der Waals surface area contributed by atoms with Crippen LogP contribution >= 0.6 is 11.6 Å². The monoisotopic (exact) mass is 375 g/mol. The first kappa shape index (κ1) is 19.4. The summed E-state index contributed by atoms with van der Waals surface area (Å²) in [7, 11) is 0. The van der Waals surface area contributed by atoms with Crippen molar-refractivity contribution in [1.29, 1.82) is 0 Å². The van der Waals surface area contributed by atoms with Gasteiger partial charge in [-0.2, -0.15) is 0 Å². The highest BCUT2D eigenvalue weighted by atomic mass is 35.5. The van der Waals surface area contributed by atoms with E-state index < -0.39 is 30.8 Å². The number of ether oxygens (including phenoxy) is 1. The number of rotatable bonds is 4. The number of nitrogens with zero attached hydrogens (tertiary/aromatic N) is 4. The number of aliphatic hydroxyl groups is 4. The number of carbonyl (C=O) groups is 1. The second-order valence-corrected chi connectivity index (χ2v) is 5.45. The molecule has 0 saturated carbocycles. The molecule has 1 aliphatic rings. The molecule has 0 aromatic carbocycles. The minimum absolute atomic E-state index is 0.226. The first-order valence-corrected chi connectivity index (χ1v) is 7.66. The molecule has 3 rings (SSSR count). The number of halogens is 1. The fourth-order valence-corrected chi connectivity index (χ4v) is 2.36. The molecule has 0 bridgehead atoms. The first-order chi connectivity index (χ1) is 11.9. The molecule has 12 heteroatoms. The van der Waals surface area contributed by atoms with Crippen LogP contribution in [0.4, 0.5) is 0 Å². The summed E-state index contributed by atoms with van der Waals surface area (Å²) in [6.07, 6.45) is -3.74. The van der Waals surface area contributed by atoms with E-state index in [1.807, 2.05) is 0 Å². The Kier molecular flexibility index (Phi) is 6.58. The highest BCUT2D eigenvalue weighted by Crippen LogP contribution is 2.23. The smallest absolute Gasteiger partial charge is 0.211 e. The van der Waals surface area contributed by atoms with Gasteiger partial charge in [0.1, 0.15) is 30.2 Å². The molecule has 138 valence electrons. The average Bonchev–Trinajstić information content (AvgIpc) is 3.18. The van der Waals surface area contributed by atoms with Gasteiger partial charge in [0.05, 0.1) is 6.33 Å². The van der Waals surface area contributed by atoms with Crippen molar-refractivity contribution >= 4 is 29.2 Å². The van der Waals surface area contributed by atoms with Crippen LogP contribution in [0.15, 0.2) is 12.7 Å². The number of nitrogens with one attached hydrogen (secondary N) is 1. The van der Waals surface area contributed by atoms with Crippen molar-refractivity contribution in [3.63, 3.8) is 0 Å². The van der Waals surface area contributed by atoms with E-state index in [-0.39, 0.29) is 6.54 Å². The predicted octanol–water partition coefficient (Wildman–Crippen LogP) is -1.77. The fourth-order valence-electron chi connectivity index (χ4n) is 2.18. The normalized spacial score (nSPS) is 26.8. The summed E-state index contributed by atoms with van der Waals surface area (Å²) in [4.78, 5) is 25.8. The Balaban J connectivity index is 0.000000194. The number of aliphatic hydroxyl groups excluding tert-OH is 4. The molecule has 1 fully saturated rings. The van der Waals surface area contributed by atoms with Crippen molar-refractivity contribution in [2.75, 3.05) is 6.54 Å². The standard InChI is InChI=1S/C8H15NO6.C5H3ClN4/c1-2-9(3-10)7(13)6-4(11)5(12)8(14)15-6;6-4-3-5(9-1-7-3)10-2-8-4/h3-8,11-14H,2H2,1H3;1-2H,(H,7,8,9,10)/t4-,5+,6-,7?,8?;/m0./s1. The molecule has 0 spiro atoms. The Morgan fingerprint density at radius 2 is 2.08 bits per heavy atom. The Hall–Kier alpha value is -1.89. The second kappa shape index (κ2) is 8.47. The Labute approximate surface area is 146 Å². The van der Waals surface area contributed by atoms with E-state index in [2.05, 4.69) is 19.9 Å². The summed E-state index contributed by atoms with van der Waals surface area (Å²) in [5.41, 5.74) is 1.28. The number of carbonyl (C=O) groups excluding carboxylic acids is 1. The van der Waals surface area contributed by atoms with Crippen LogP contribution in [-0.2, 0) is 9.53 Å². The largest absolute Gasteiger partial charge is 0.387 e. The maximum absolute atomic E-state index is 10.5. The number of imidazole rings is 1. The van der Waals surface area contributed by atoms with Gasteiger partial charge in [0.15, 0.2) is 23.3 Å². The van der Waals surface area contributed by atoms with E-state index in [0.717, 1.165) is 4.90 Å². The molecule has 2 unspecified atom stereocenters. The quantitative estimate of drug-likeness (QED) is 0.236. The summed E-state index contributed by atoms with van der Waals surface area (Å²) < 4.78 is 4.74. The zero-order valence-corrected chi connectivity index (χ0v) is 13.9. The molecule has 5 atom stereocenters. The van der Waals surface area contributed by atoms with Crippen LogP contribution < -0.4 is 0 Å². The highest BCUT2D eigenvalue weighted by molar-refractivity contribution is 6.33. The highest BCUT2D eigenvalue weighted by Gasteiger charge is 2.46. The van der Waals surface area contributed by atoms with Crippen molar-refractivity contribution in [1.82, 2.24) is 24.8 Å². The van der Waals surface area contributed by atoms with Gasteiger partial charge in [0, 0.05) is 6.54 Å². The minimum Gasteiger partial charge on any atom is -0.387 e. The zero-order valence-electron chi connectivity index (χ0n) is 13.1. The topological polar surface area (TPSA) is 165 Å². The fraction of sp³-hybridized carbons (Fsp3) is 0.538. The Bertz CT molecular complexity index is 702. The molecule has 2 aromatic heterocycles.